The second kappa shape index (κ2) is 8.69. The molecule has 1 unspecified atom stereocenters. The quantitative estimate of drug-likeness (QED) is 0.209. The normalized spacial score (nSPS) is 18.7. The van der Waals surface area contributed by atoms with E-state index in [1.54, 1.807) is 0 Å². The second-order valence-corrected chi connectivity index (χ2v) is 7.86. The van der Waals surface area contributed by atoms with Crippen LogP contribution in [0.3, 0.4) is 0 Å². The van der Waals surface area contributed by atoms with Crippen molar-refractivity contribution in [2.24, 2.45) is 10.7 Å². The summed E-state index contributed by atoms with van der Waals surface area (Å²) in [6.07, 6.45) is -9.83. The minimum atomic E-state index is -4.93. The Kier molecular flexibility index (Phi) is 6.06. The number of non-ortho nitro benzene ring substituents is 1. The van der Waals surface area contributed by atoms with E-state index < -0.39 is 68.5 Å². The van der Waals surface area contributed by atoms with Crippen LogP contribution >= 0.6 is 0 Å². The third-order valence-corrected chi connectivity index (χ3v) is 5.40. The van der Waals surface area contributed by atoms with Gasteiger partial charge in [-0.05, 0) is 42.5 Å². The molecular weight excluding hydrogens is 518 g/mol. The van der Waals surface area contributed by atoms with E-state index in [1.807, 2.05) is 0 Å². The van der Waals surface area contributed by atoms with Crippen molar-refractivity contribution in [3.8, 4) is 0 Å². The lowest BCUT2D eigenvalue weighted by Crippen LogP contribution is -2.57. The number of anilines is 2. The molecule has 194 valence electrons. The zero-order chi connectivity index (χ0) is 27.3. The molecule has 37 heavy (non-hydrogen) atoms. The highest BCUT2D eigenvalue weighted by molar-refractivity contribution is 6.10. The van der Waals surface area contributed by atoms with Gasteiger partial charge in [-0.1, -0.05) is 0 Å². The van der Waals surface area contributed by atoms with Gasteiger partial charge in [0.2, 0.25) is 0 Å². The number of hydrogen-bond donors (Lipinski definition) is 3. The van der Waals surface area contributed by atoms with Crippen LogP contribution in [0.4, 0.5) is 57.9 Å². The number of nitro groups is 1. The fourth-order valence-electron chi connectivity index (χ4n) is 3.57. The predicted molar refractivity (Wildman–Crippen MR) is 116 cm³/mol. The molecule has 4 rings (SSSR count). The van der Waals surface area contributed by atoms with Crippen LogP contribution in [0.5, 0.6) is 0 Å². The minimum Gasteiger partial charge on any atom is -0.356 e. The number of aliphatic imine (C=N–C) groups is 1. The first-order valence-electron chi connectivity index (χ1n) is 10.1. The zero-order valence-corrected chi connectivity index (χ0v) is 18.0. The maximum Gasteiger partial charge on any atom is 0.416 e. The number of rotatable bonds is 3. The Hall–Kier alpha value is -4.27. The summed E-state index contributed by atoms with van der Waals surface area (Å²) >= 11 is 0. The van der Waals surface area contributed by atoms with Crippen molar-refractivity contribution in [3.63, 3.8) is 0 Å². The minimum absolute atomic E-state index is 0.0478. The maximum absolute atomic E-state index is 14.9. The molecule has 0 amide bonds. The summed E-state index contributed by atoms with van der Waals surface area (Å²) in [6.45, 7) is 0. The molecule has 0 spiro atoms. The molecule has 0 aromatic heterocycles. The Labute approximate surface area is 201 Å². The van der Waals surface area contributed by atoms with Crippen molar-refractivity contribution in [1.82, 2.24) is 0 Å². The van der Waals surface area contributed by atoms with E-state index in [2.05, 4.69) is 15.6 Å². The van der Waals surface area contributed by atoms with Crippen molar-refractivity contribution in [2.75, 3.05) is 10.6 Å². The van der Waals surface area contributed by atoms with Gasteiger partial charge in [-0.25, -0.2) is 13.8 Å². The highest BCUT2D eigenvalue weighted by Crippen LogP contribution is 2.40. The Bertz CT molecular complexity index is 1440. The fourth-order valence-corrected chi connectivity index (χ4v) is 3.57. The first kappa shape index (κ1) is 25.8. The van der Waals surface area contributed by atoms with Gasteiger partial charge < -0.3 is 10.6 Å². The molecule has 1 aliphatic heterocycles. The number of nitrogens with one attached hydrogen (secondary N) is 2. The van der Waals surface area contributed by atoms with E-state index in [0.29, 0.717) is 36.4 Å². The second-order valence-electron chi connectivity index (χ2n) is 7.86. The topological polar surface area (TPSA) is 106 Å². The van der Waals surface area contributed by atoms with E-state index >= 15 is 0 Å². The average Bonchev–Trinajstić information content (AvgIpc) is 2.79. The van der Waals surface area contributed by atoms with Crippen molar-refractivity contribution >= 4 is 28.6 Å². The number of benzene rings is 3. The van der Waals surface area contributed by atoms with Gasteiger partial charge >= 0.3 is 12.4 Å². The molecule has 1 heterocycles. The molecule has 0 saturated heterocycles. The van der Waals surface area contributed by atoms with Crippen LogP contribution in [-0.2, 0) is 18.0 Å². The van der Waals surface area contributed by atoms with Gasteiger partial charge in [0.15, 0.2) is 11.5 Å². The van der Waals surface area contributed by atoms with Gasteiger partial charge in [0.1, 0.15) is 17.3 Å². The van der Waals surface area contributed by atoms with Crippen LogP contribution in [0, 0.1) is 21.7 Å². The zero-order valence-electron chi connectivity index (χ0n) is 18.0. The van der Waals surface area contributed by atoms with E-state index in [4.69, 9.17) is 5.73 Å². The molecule has 0 aliphatic carbocycles. The number of halogens is 8. The van der Waals surface area contributed by atoms with E-state index in [1.165, 1.54) is 0 Å². The van der Waals surface area contributed by atoms with Gasteiger partial charge in [-0.15, -0.1) is 0 Å². The van der Waals surface area contributed by atoms with Gasteiger partial charge in [0.05, 0.1) is 27.4 Å². The number of nitrogens with two attached hydrogens (primary N) is 1. The van der Waals surface area contributed by atoms with Gasteiger partial charge in [0, 0.05) is 17.7 Å². The summed E-state index contributed by atoms with van der Waals surface area (Å²) in [4.78, 5) is 14.1. The molecule has 0 bridgehead atoms. The number of amidine groups is 1. The molecule has 7 nitrogen and oxygen atoms in total. The Morgan fingerprint density at radius 3 is 2.03 bits per heavy atom. The Balaban J connectivity index is 1.97. The first-order valence-corrected chi connectivity index (χ1v) is 10.1. The van der Waals surface area contributed by atoms with Crippen LogP contribution in [0.2, 0.25) is 0 Å². The summed E-state index contributed by atoms with van der Waals surface area (Å²) in [5.74, 6) is -3.26. The maximum atomic E-state index is 14.9. The number of fused-ring (bicyclic) bond motifs is 1. The molecule has 0 radical (unpaired) electrons. The molecule has 15 heteroatoms. The van der Waals surface area contributed by atoms with Crippen molar-refractivity contribution < 1.29 is 40.0 Å². The monoisotopic (exact) mass is 531 g/mol. The number of hydrogen-bond acceptors (Lipinski definition) is 5. The molecule has 1 atom stereocenters. The highest BCUT2D eigenvalue weighted by atomic mass is 19.4. The van der Waals surface area contributed by atoms with E-state index in [-0.39, 0.29) is 11.4 Å². The van der Waals surface area contributed by atoms with E-state index in [0.717, 1.165) is 18.2 Å². The largest absolute Gasteiger partial charge is 0.416 e. The summed E-state index contributed by atoms with van der Waals surface area (Å²) in [7, 11) is 0. The van der Waals surface area contributed by atoms with Crippen molar-refractivity contribution in [2.45, 2.75) is 18.0 Å². The summed E-state index contributed by atoms with van der Waals surface area (Å²) < 4.78 is 109. The average molecular weight is 531 g/mol. The number of alkyl halides is 6. The highest BCUT2D eigenvalue weighted by Gasteiger charge is 2.43. The van der Waals surface area contributed by atoms with Crippen LogP contribution in [-0.4, -0.2) is 10.8 Å². The molecular formula is C22H13F8N5O2. The van der Waals surface area contributed by atoms with Crippen LogP contribution < -0.4 is 16.4 Å². The van der Waals surface area contributed by atoms with Crippen molar-refractivity contribution in [1.29, 1.82) is 0 Å². The summed E-state index contributed by atoms with van der Waals surface area (Å²) in [6, 6.07) is 5.59. The van der Waals surface area contributed by atoms with Crippen molar-refractivity contribution in [3.05, 3.63) is 93.0 Å². The van der Waals surface area contributed by atoms with Crippen LogP contribution in [0.1, 0.15) is 16.7 Å². The smallest absolute Gasteiger partial charge is 0.356 e. The van der Waals surface area contributed by atoms with Crippen LogP contribution in [0.15, 0.2) is 59.6 Å². The lowest BCUT2D eigenvalue weighted by molar-refractivity contribution is -0.384. The standard InChI is InChI=1S/C22H13F8N5O2/c23-14-4-1-10(21(25,26)27)7-13(14)20(31)19(32-17-8-11(22(28,29)30)2-5-15(17)24)33-18-9-12(35(36)37)3-6-16(18)34-20/h1-9,34H,31H2,(H,32,33). The van der Waals surface area contributed by atoms with Gasteiger partial charge in [-0.2, -0.15) is 26.3 Å². The summed E-state index contributed by atoms with van der Waals surface area (Å²) in [5.41, 5.74) is -1.26. The number of nitro benzene ring substituents is 1. The Morgan fingerprint density at radius 2 is 1.43 bits per heavy atom. The van der Waals surface area contributed by atoms with Gasteiger partial charge in [0.25, 0.3) is 5.69 Å². The third kappa shape index (κ3) is 4.89. The first-order chi connectivity index (χ1) is 17.1. The van der Waals surface area contributed by atoms with Gasteiger partial charge in [-0.3, -0.25) is 15.8 Å². The SMILES string of the molecule is NC1(c2cc(C(F)(F)F)ccc2F)Nc2ccc([N+](=O)[O-])cc2NC1=Nc1cc(C(F)(F)F)ccc1F. The lowest BCUT2D eigenvalue weighted by Gasteiger charge is -2.39. The predicted octanol–water partition coefficient (Wildman–Crippen LogP) is 6.29. The van der Waals surface area contributed by atoms with Crippen LogP contribution in [0.25, 0.3) is 0 Å². The molecule has 3 aromatic carbocycles. The molecule has 3 aromatic rings. The molecule has 4 N–H and O–H groups in total. The fraction of sp³-hybridized carbons (Fsp3) is 0.136. The third-order valence-electron chi connectivity index (χ3n) is 5.40. The molecule has 0 saturated carbocycles. The summed E-state index contributed by atoms with van der Waals surface area (Å²) in [5, 5.41) is 16.1. The lowest BCUT2D eigenvalue weighted by atomic mass is 9.93. The Morgan fingerprint density at radius 1 is 0.838 bits per heavy atom. The number of nitrogens with zero attached hydrogens (tertiary/aromatic N) is 2. The van der Waals surface area contributed by atoms with E-state index in [9.17, 15) is 45.2 Å². The molecule has 0 fully saturated rings. The molecule has 1 aliphatic rings.